The molecular weight excluding hydrogens is 557 g/mol. The van der Waals surface area contributed by atoms with Gasteiger partial charge >= 0.3 is 0 Å². The van der Waals surface area contributed by atoms with E-state index < -0.39 is 0 Å². The number of likely N-dealkylation sites (tertiary alicyclic amines) is 1. The Morgan fingerprint density at radius 2 is 1.80 bits per heavy atom. The number of nitrogens with one attached hydrogen (secondary N) is 3. The Balaban J connectivity index is 1.20. The zero-order valence-electron chi connectivity index (χ0n) is 24.4. The Labute approximate surface area is 253 Å². The number of rotatable bonds is 9. The highest BCUT2D eigenvalue weighted by molar-refractivity contribution is 6.01. The predicted octanol–water partition coefficient (Wildman–Crippen LogP) is 6.80. The predicted molar refractivity (Wildman–Crippen MR) is 170 cm³/mol. The van der Waals surface area contributed by atoms with Crippen molar-refractivity contribution >= 4 is 33.4 Å². The van der Waals surface area contributed by atoms with Gasteiger partial charge in [-0.25, -0.2) is 4.39 Å². The fourth-order valence-corrected chi connectivity index (χ4v) is 5.82. The molecule has 0 spiro atoms. The van der Waals surface area contributed by atoms with Gasteiger partial charge < -0.3 is 15.0 Å². The summed E-state index contributed by atoms with van der Waals surface area (Å²) in [5, 5.41) is 12.4. The van der Waals surface area contributed by atoms with Crippen LogP contribution in [0.3, 0.4) is 0 Å². The zero-order valence-corrected chi connectivity index (χ0v) is 24.4. The van der Waals surface area contributed by atoms with Crippen molar-refractivity contribution in [2.75, 3.05) is 31.6 Å². The maximum absolute atomic E-state index is 14.8. The van der Waals surface area contributed by atoms with Gasteiger partial charge in [-0.05, 0) is 73.5 Å². The van der Waals surface area contributed by atoms with Crippen molar-refractivity contribution < 1.29 is 13.9 Å². The Kier molecular flexibility index (Phi) is 7.49. The highest BCUT2D eigenvalue weighted by atomic mass is 19.1. The van der Waals surface area contributed by atoms with Crippen LogP contribution in [0.25, 0.3) is 55.4 Å². The number of fused-ring (bicyclic) bond motifs is 2. The summed E-state index contributed by atoms with van der Waals surface area (Å²) in [6.07, 6.45) is 9.76. The topological polar surface area (TPSA) is 112 Å². The number of pyridine rings is 2. The van der Waals surface area contributed by atoms with Crippen LogP contribution in [-0.4, -0.2) is 62.2 Å². The molecule has 4 aromatic heterocycles. The highest BCUT2D eigenvalue weighted by Crippen LogP contribution is 2.36. The summed E-state index contributed by atoms with van der Waals surface area (Å²) in [6, 6.07) is 14.8. The number of ether oxygens (including phenoxy) is 1. The van der Waals surface area contributed by atoms with Crippen LogP contribution in [0.5, 0.6) is 5.75 Å². The number of carbonyl (C=O) groups is 1. The van der Waals surface area contributed by atoms with E-state index in [1.807, 2.05) is 37.3 Å². The summed E-state index contributed by atoms with van der Waals surface area (Å²) in [4.78, 5) is 26.5. The van der Waals surface area contributed by atoms with E-state index in [-0.39, 0.29) is 11.7 Å². The summed E-state index contributed by atoms with van der Waals surface area (Å²) in [5.41, 5.74) is 7.20. The number of amides is 1. The molecule has 10 heteroatoms. The summed E-state index contributed by atoms with van der Waals surface area (Å²) in [6.45, 7) is 5.35. The number of nitrogens with zero attached hydrogens (tertiary/aromatic N) is 4. The van der Waals surface area contributed by atoms with Crippen molar-refractivity contribution in [2.24, 2.45) is 0 Å². The minimum absolute atomic E-state index is 0.0660. The SMILES string of the molecule is CCC(=O)Nc1cncc(-c2ccc3[nH]nc(-c4cc5c(-c6cc(F)cc(OCCN7CCCC7)c6)cncc5[nH]4)c3c2)c1. The minimum atomic E-state index is -0.356. The third-order valence-corrected chi connectivity index (χ3v) is 8.10. The Bertz CT molecular complexity index is 1980. The lowest BCUT2D eigenvalue weighted by Gasteiger charge is -2.15. The molecule has 1 fully saturated rings. The molecule has 0 saturated carbocycles. The van der Waals surface area contributed by atoms with Crippen LogP contribution in [0.1, 0.15) is 26.2 Å². The lowest BCUT2D eigenvalue weighted by molar-refractivity contribution is -0.115. The number of anilines is 1. The fourth-order valence-electron chi connectivity index (χ4n) is 5.82. The molecule has 1 amide bonds. The van der Waals surface area contributed by atoms with Gasteiger partial charge in [-0.3, -0.25) is 24.8 Å². The third kappa shape index (κ3) is 5.63. The molecule has 44 heavy (non-hydrogen) atoms. The molecule has 9 nitrogen and oxygen atoms in total. The van der Waals surface area contributed by atoms with Crippen LogP contribution in [0.4, 0.5) is 10.1 Å². The molecule has 1 aliphatic rings. The van der Waals surface area contributed by atoms with Crippen molar-refractivity contribution in [1.82, 2.24) is 30.0 Å². The third-order valence-electron chi connectivity index (χ3n) is 8.10. The number of H-pyrrole nitrogens is 2. The molecule has 5 heterocycles. The maximum atomic E-state index is 14.8. The van der Waals surface area contributed by atoms with E-state index in [1.54, 1.807) is 24.8 Å². The van der Waals surface area contributed by atoms with Crippen molar-refractivity contribution in [3.05, 3.63) is 79.1 Å². The van der Waals surface area contributed by atoms with E-state index in [0.717, 1.165) is 69.5 Å². The standard InChI is InChI=1S/C34H32FN7O2/c1-2-33(43)38-25-12-23(17-36-18-25)21-5-6-30-28(14-21)34(41-40-30)31-16-27-29(19-37-20-32(27)39-31)22-11-24(35)15-26(13-22)44-10-9-42-7-3-4-8-42/h5-6,11-20,39H,2-4,7-10H2,1H3,(H,38,43)(H,40,41). The largest absolute Gasteiger partial charge is 0.492 e. The van der Waals surface area contributed by atoms with E-state index in [2.05, 4.69) is 41.4 Å². The average Bonchev–Trinajstić information content (AvgIpc) is 3.80. The van der Waals surface area contributed by atoms with Crippen molar-refractivity contribution in [1.29, 1.82) is 0 Å². The first-order valence-corrected chi connectivity index (χ1v) is 14.9. The van der Waals surface area contributed by atoms with E-state index in [4.69, 9.17) is 4.74 Å². The molecule has 7 rings (SSSR count). The van der Waals surface area contributed by atoms with E-state index in [9.17, 15) is 9.18 Å². The van der Waals surface area contributed by atoms with E-state index in [0.29, 0.717) is 30.0 Å². The second-order valence-electron chi connectivity index (χ2n) is 11.1. The number of hydrogen-bond donors (Lipinski definition) is 3. The molecule has 6 aromatic rings. The first kappa shape index (κ1) is 27.7. The summed E-state index contributed by atoms with van der Waals surface area (Å²) in [7, 11) is 0. The van der Waals surface area contributed by atoms with Gasteiger partial charge in [-0.1, -0.05) is 13.0 Å². The second kappa shape index (κ2) is 11.9. The monoisotopic (exact) mass is 589 g/mol. The lowest BCUT2D eigenvalue weighted by atomic mass is 10.0. The number of aromatic amines is 2. The first-order chi connectivity index (χ1) is 21.5. The minimum Gasteiger partial charge on any atom is -0.492 e. The van der Waals surface area contributed by atoms with Gasteiger partial charge in [0.25, 0.3) is 0 Å². The van der Waals surface area contributed by atoms with Gasteiger partial charge in [0.1, 0.15) is 23.9 Å². The normalized spacial score (nSPS) is 13.6. The van der Waals surface area contributed by atoms with Crippen LogP contribution < -0.4 is 10.1 Å². The lowest BCUT2D eigenvalue weighted by Crippen LogP contribution is -2.25. The molecule has 1 aliphatic heterocycles. The molecule has 0 radical (unpaired) electrons. The van der Waals surface area contributed by atoms with Gasteiger partial charge in [0, 0.05) is 53.3 Å². The van der Waals surface area contributed by atoms with Gasteiger partial charge in [-0.2, -0.15) is 5.10 Å². The van der Waals surface area contributed by atoms with E-state index >= 15 is 0 Å². The quantitative estimate of drug-likeness (QED) is 0.171. The Morgan fingerprint density at radius 1 is 0.932 bits per heavy atom. The van der Waals surface area contributed by atoms with Crippen LogP contribution >= 0.6 is 0 Å². The Morgan fingerprint density at radius 3 is 2.66 bits per heavy atom. The van der Waals surface area contributed by atoms with Crippen LogP contribution in [-0.2, 0) is 4.79 Å². The number of carbonyl (C=O) groups excluding carboxylic acids is 1. The molecule has 0 aliphatic carbocycles. The molecular formula is C34H32FN7O2. The fraction of sp³-hybridized carbons (Fsp3) is 0.235. The summed E-state index contributed by atoms with van der Waals surface area (Å²) < 4.78 is 20.7. The van der Waals surface area contributed by atoms with Crippen molar-refractivity contribution in [3.8, 4) is 39.4 Å². The van der Waals surface area contributed by atoms with Crippen molar-refractivity contribution in [3.63, 3.8) is 0 Å². The average molecular weight is 590 g/mol. The van der Waals surface area contributed by atoms with Gasteiger partial charge in [0.2, 0.25) is 5.91 Å². The molecule has 3 N–H and O–H groups in total. The second-order valence-corrected chi connectivity index (χ2v) is 11.1. The number of halogens is 1. The van der Waals surface area contributed by atoms with Gasteiger partial charge in [0.15, 0.2) is 0 Å². The van der Waals surface area contributed by atoms with Gasteiger partial charge in [0.05, 0.1) is 34.8 Å². The number of aromatic nitrogens is 5. The number of benzene rings is 2. The molecule has 0 unspecified atom stereocenters. The van der Waals surface area contributed by atoms with Gasteiger partial charge in [-0.15, -0.1) is 0 Å². The molecule has 0 atom stereocenters. The maximum Gasteiger partial charge on any atom is 0.224 e. The first-order valence-electron chi connectivity index (χ1n) is 14.9. The summed E-state index contributed by atoms with van der Waals surface area (Å²) >= 11 is 0. The number of hydrogen-bond acceptors (Lipinski definition) is 6. The molecule has 2 aromatic carbocycles. The summed E-state index contributed by atoms with van der Waals surface area (Å²) in [5.74, 6) is 0.0828. The zero-order chi connectivity index (χ0) is 30.0. The molecule has 1 saturated heterocycles. The van der Waals surface area contributed by atoms with Crippen LogP contribution in [0.15, 0.2) is 73.3 Å². The highest BCUT2D eigenvalue weighted by Gasteiger charge is 2.17. The molecule has 0 bridgehead atoms. The molecule has 222 valence electrons. The van der Waals surface area contributed by atoms with Crippen LogP contribution in [0, 0.1) is 5.82 Å². The van der Waals surface area contributed by atoms with Crippen LogP contribution in [0.2, 0.25) is 0 Å². The van der Waals surface area contributed by atoms with Crippen molar-refractivity contribution in [2.45, 2.75) is 26.2 Å². The Hall–Kier alpha value is -5.09. The van der Waals surface area contributed by atoms with E-state index in [1.165, 1.54) is 25.0 Å². The smallest absolute Gasteiger partial charge is 0.224 e.